The number of carbonyl (C=O) groups is 2. The Morgan fingerprint density at radius 1 is 1.33 bits per heavy atom. The number of Topliss-reactive ketones (excluding diaryl/α,β-unsaturated/α-hetero) is 1. The quantitative estimate of drug-likeness (QED) is 0.797. The van der Waals surface area contributed by atoms with Crippen molar-refractivity contribution in [1.82, 2.24) is 4.90 Å². The van der Waals surface area contributed by atoms with E-state index in [1.807, 2.05) is 19.0 Å². The lowest BCUT2D eigenvalue weighted by molar-refractivity contribution is -0.114. The fourth-order valence-electron chi connectivity index (χ4n) is 1.87. The summed E-state index contributed by atoms with van der Waals surface area (Å²) in [6.45, 7) is 1.02. The topological polar surface area (TPSA) is 40.6 Å². The molecule has 2 rings (SSSR count). The van der Waals surface area contributed by atoms with Crippen LogP contribution in [0.25, 0.3) is 0 Å². The smallest absolute Gasteiger partial charge is 0.299 e. The van der Waals surface area contributed by atoms with Crippen LogP contribution in [0.1, 0.15) is 10.4 Å². The Kier molecular flexibility index (Phi) is 3.49. The van der Waals surface area contributed by atoms with Gasteiger partial charge in [0.1, 0.15) is 5.82 Å². The zero-order valence-corrected chi connectivity index (χ0v) is 11.6. The second-order valence-corrected chi connectivity index (χ2v) is 5.23. The summed E-state index contributed by atoms with van der Waals surface area (Å²) in [5.41, 5.74) is 0.596. The highest BCUT2D eigenvalue weighted by Gasteiger charge is 2.37. The van der Waals surface area contributed by atoms with E-state index in [1.165, 1.54) is 11.0 Å². The van der Waals surface area contributed by atoms with Gasteiger partial charge in [-0.25, -0.2) is 4.39 Å². The zero-order chi connectivity index (χ0) is 13.4. The van der Waals surface area contributed by atoms with Crippen LogP contribution in [0.4, 0.5) is 10.1 Å². The van der Waals surface area contributed by atoms with E-state index in [0.717, 1.165) is 6.07 Å². The van der Waals surface area contributed by atoms with Crippen molar-refractivity contribution >= 4 is 33.3 Å². The average molecular weight is 315 g/mol. The van der Waals surface area contributed by atoms with Crippen LogP contribution in [0.3, 0.4) is 0 Å². The molecule has 0 N–H and O–H groups in total. The van der Waals surface area contributed by atoms with Gasteiger partial charge in [-0.15, -0.1) is 0 Å². The number of halogens is 2. The minimum Gasteiger partial charge on any atom is -0.308 e. The van der Waals surface area contributed by atoms with Gasteiger partial charge in [0.2, 0.25) is 0 Å². The van der Waals surface area contributed by atoms with Crippen LogP contribution >= 0.6 is 15.9 Å². The van der Waals surface area contributed by atoms with Gasteiger partial charge in [0.05, 0.1) is 11.3 Å². The van der Waals surface area contributed by atoms with Crippen LogP contribution < -0.4 is 4.90 Å². The van der Waals surface area contributed by atoms with E-state index in [9.17, 15) is 14.0 Å². The number of rotatable bonds is 3. The third-order valence-electron chi connectivity index (χ3n) is 2.75. The molecule has 1 aromatic rings. The third kappa shape index (κ3) is 2.18. The number of nitrogens with zero attached hydrogens (tertiary/aromatic N) is 2. The lowest BCUT2D eigenvalue weighted by atomic mass is 10.1. The maximum absolute atomic E-state index is 13.2. The van der Waals surface area contributed by atoms with Gasteiger partial charge in [-0.3, -0.25) is 9.59 Å². The molecule has 0 aliphatic carbocycles. The lowest BCUT2D eigenvalue weighted by Gasteiger charge is -2.20. The molecule has 0 radical (unpaired) electrons. The van der Waals surface area contributed by atoms with E-state index in [1.54, 1.807) is 0 Å². The van der Waals surface area contributed by atoms with Crippen molar-refractivity contribution in [3.8, 4) is 0 Å². The highest BCUT2D eigenvalue weighted by atomic mass is 79.9. The minimum absolute atomic E-state index is 0.130. The standard InChI is InChI=1S/C12H12BrFN2O2/c1-15(2)3-4-16-10-8(11(17)12(16)18)5-7(14)6-9(10)13/h5-6H,3-4H2,1-2H3. The Hall–Kier alpha value is -1.27. The first-order valence-corrected chi connectivity index (χ1v) is 6.21. The summed E-state index contributed by atoms with van der Waals surface area (Å²) in [5.74, 6) is -1.78. The van der Waals surface area contributed by atoms with Crippen molar-refractivity contribution in [3.05, 3.63) is 28.0 Å². The van der Waals surface area contributed by atoms with Crippen LogP contribution in [0.15, 0.2) is 16.6 Å². The van der Waals surface area contributed by atoms with E-state index in [0.29, 0.717) is 23.2 Å². The largest absolute Gasteiger partial charge is 0.308 e. The van der Waals surface area contributed by atoms with Gasteiger partial charge in [-0.1, -0.05) is 0 Å². The van der Waals surface area contributed by atoms with E-state index < -0.39 is 17.5 Å². The van der Waals surface area contributed by atoms with Gasteiger partial charge in [0.25, 0.3) is 11.7 Å². The van der Waals surface area contributed by atoms with Crippen molar-refractivity contribution in [3.63, 3.8) is 0 Å². The van der Waals surface area contributed by atoms with Crippen LogP contribution in [0.2, 0.25) is 0 Å². The Labute approximate surface area is 112 Å². The molecule has 0 spiro atoms. The van der Waals surface area contributed by atoms with Gasteiger partial charge in [-0.2, -0.15) is 0 Å². The molecule has 0 atom stereocenters. The molecule has 1 aliphatic heterocycles. The Morgan fingerprint density at radius 2 is 2.00 bits per heavy atom. The number of hydrogen-bond donors (Lipinski definition) is 0. The van der Waals surface area contributed by atoms with Crippen molar-refractivity contribution < 1.29 is 14.0 Å². The molecular formula is C12H12BrFN2O2. The second-order valence-electron chi connectivity index (χ2n) is 4.37. The van der Waals surface area contributed by atoms with Crippen molar-refractivity contribution in [2.75, 3.05) is 32.1 Å². The summed E-state index contributed by atoms with van der Waals surface area (Å²) in [4.78, 5) is 26.9. The maximum Gasteiger partial charge on any atom is 0.299 e. The Balaban J connectivity index is 2.42. The second kappa shape index (κ2) is 4.78. The van der Waals surface area contributed by atoms with Crippen molar-refractivity contribution in [1.29, 1.82) is 0 Å². The van der Waals surface area contributed by atoms with Gasteiger partial charge in [0.15, 0.2) is 0 Å². The predicted molar refractivity (Wildman–Crippen MR) is 69.3 cm³/mol. The molecule has 96 valence electrons. The van der Waals surface area contributed by atoms with Gasteiger partial charge < -0.3 is 9.80 Å². The number of amides is 1. The number of carbonyl (C=O) groups excluding carboxylic acids is 2. The first-order chi connectivity index (χ1) is 8.41. The molecule has 0 saturated carbocycles. The number of likely N-dealkylation sites (N-methyl/N-ethyl adjacent to an activating group) is 1. The van der Waals surface area contributed by atoms with Gasteiger partial charge in [-0.05, 0) is 42.2 Å². The van der Waals surface area contributed by atoms with Crippen LogP contribution in [-0.2, 0) is 4.79 Å². The molecule has 6 heteroatoms. The number of anilines is 1. The molecule has 0 aromatic heterocycles. The van der Waals surface area contributed by atoms with E-state index in [4.69, 9.17) is 0 Å². The first-order valence-electron chi connectivity index (χ1n) is 5.42. The summed E-state index contributed by atoms with van der Waals surface area (Å²) in [6.07, 6.45) is 0. The molecule has 18 heavy (non-hydrogen) atoms. The zero-order valence-electron chi connectivity index (χ0n) is 10.0. The number of fused-ring (bicyclic) bond motifs is 1. The monoisotopic (exact) mass is 314 g/mol. The molecule has 1 amide bonds. The third-order valence-corrected chi connectivity index (χ3v) is 3.36. The van der Waals surface area contributed by atoms with Gasteiger partial charge >= 0.3 is 0 Å². The SMILES string of the molecule is CN(C)CCN1C(=O)C(=O)c2cc(F)cc(Br)c21. The fourth-order valence-corrected chi connectivity index (χ4v) is 2.51. The normalized spacial score (nSPS) is 14.6. The molecular weight excluding hydrogens is 303 g/mol. The predicted octanol–water partition coefficient (Wildman–Crippen LogP) is 1.68. The van der Waals surface area contributed by atoms with Gasteiger partial charge in [0, 0.05) is 17.6 Å². The molecule has 0 fully saturated rings. The minimum atomic E-state index is -0.649. The van der Waals surface area contributed by atoms with Crippen molar-refractivity contribution in [2.45, 2.75) is 0 Å². The van der Waals surface area contributed by atoms with Crippen molar-refractivity contribution in [2.24, 2.45) is 0 Å². The van der Waals surface area contributed by atoms with E-state index in [2.05, 4.69) is 15.9 Å². The lowest BCUT2D eigenvalue weighted by Crippen LogP contribution is -2.35. The van der Waals surface area contributed by atoms with E-state index in [-0.39, 0.29) is 5.56 Å². The Bertz CT molecular complexity index is 531. The molecule has 4 nitrogen and oxygen atoms in total. The Morgan fingerprint density at radius 3 is 2.61 bits per heavy atom. The summed E-state index contributed by atoms with van der Waals surface area (Å²) < 4.78 is 13.7. The highest BCUT2D eigenvalue weighted by molar-refractivity contribution is 9.10. The molecule has 0 saturated heterocycles. The molecule has 1 aliphatic rings. The fraction of sp³-hybridized carbons (Fsp3) is 0.333. The van der Waals surface area contributed by atoms with Crippen LogP contribution in [-0.4, -0.2) is 43.8 Å². The summed E-state index contributed by atoms with van der Waals surface area (Å²) in [6, 6.07) is 2.36. The number of ketones is 1. The van der Waals surface area contributed by atoms with E-state index >= 15 is 0 Å². The average Bonchev–Trinajstić information content (AvgIpc) is 2.51. The highest BCUT2D eigenvalue weighted by Crippen LogP contribution is 2.36. The summed E-state index contributed by atoms with van der Waals surface area (Å²) in [7, 11) is 3.76. The molecule has 1 aromatic carbocycles. The number of benzene rings is 1. The summed E-state index contributed by atoms with van der Waals surface area (Å²) >= 11 is 3.20. The molecule has 1 heterocycles. The maximum atomic E-state index is 13.2. The molecule has 0 unspecified atom stereocenters. The van der Waals surface area contributed by atoms with Crippen LogP contribution in [0, 0.1) is 5.82 Å². The summed E-state index contributed by atoms with van der Waals surface area (Å²) in [5, 5.41) is 0. The molecule has 0 bridgehead atoms. The van der Waals surface area contributed by atoms with Crippen LogP contribution in [0.5, 0.6) is 0 Å². The number of hydrogen-bond acceptors (Lipinski definition) is 3. The first kappa shape index (κ1) is 13.2.